The number of hydrogen-bond donors (Lipinski definition) is 3. The Bertz CT molecular complexity index is 1190. The van der Waals surface area contributed by atoms with Crippen LogP contribution >= 0.6 is 0 Å². The number of carbonyl (C=O) groups is 1. The highest BCUT2D eigenvalue weighted by Crippen LogP contribution is 2.35. The van der Waals surface area contributed by atoms with Gasteiger partial charge >= 0.3 is 0 Å². The first-order chi connectivity index (χ1) is 16.7. The number of anilines is 2. The Labute approximate surface area is 198 Å². The van der Waals surface area contributed by atoms with E-state index in [0.29, 0.717) is 37.0 Å². The molecule has 0 aliphatic rings. The Morgan fingerprint density at radius 2 is 1.88 bits per heavy atom. The Morgan fingerprint density at radius 1 is 1.06 bits per heavy atom. The van der Waals surface area contributed by atoms with Gasteiger partial charge in [-0.15, -0.1) is 0 Å². The molecule has 0 unspecified atom stereocenters. The number of rotatable bonds is 11. The van der Waals surface area contributed by atoms with Crippen molar-refractivity contribution < 1.29 is 18.7 Å². The molecule has 0 aliphatic carbocycles. The highest BCUT2D eigenvalue weighted by atomic mass is 16.5. The summed E-state index contributed by atoms with van der Waals surface area (Å²) in [5.74, 6) is 6.61. The number of furan rings is 1. The van der Waals surface area contributed by atoms with Crippen molar-refractivity contribution in [1.82, 2.24) is 15.4 Å². The van der Waals surface area contributed by atoms with E-state index in [9.17, 15) is 4.79 Å². The molecule has 0 bridgehead atoms. The van der Waals surface area contributed by atoms with Gasteiger partial charge < -0.3 is 24.0 Å². The minimum Gasteiger partial charge on any atom is -0.490 e. The predicted octanol–water partition coefficient (Wildman–Crippen LogP) is 4.74. The van der Waals surface area contributed by atoms with Gasteiger partial charge in [-0.2, -0.15) is 0 Å². The van der Waals surface area contributed by atoms with Crippen LogP contribution in [0.1, 0.15) is 32.6 Å². The molecule has 0 radical (unpaired) electrons. The van der Waals surface area contributed by atoms with Gasteiger partial charge in [-0.3, -0.25) is 11.3 Å². The van der Waals surface area contributed by atoms with E-state index in [0.717, 1.165) is 53.1 Å². The zero-order valence-corrected chi connectivity index (χ0v) is 19.5. The van der Waals surface area contributed by atoms with Crippen molar-refractivity contribution in [3.63, 3.8) is 0 Å². The van der Waals surface area contributed by atoms with Crippen LogP contribution in [0.2, 0.25) is 0 Å². The Balaban J connectivity index is 0.00000103. The van der Waals surface area contributed by atoms with Gasteiger partial charge in [0.25, 0.3) is 0 Å². The molecule has 180 valence electrons. The van der Waals surface area contributed by atoms with Crippen LogP contribution in [0.15, 0.2) is 53.4 Å². The molecule has 0 saturated heterocycles. The number of hydrazine groups is 1. The SMILES string of the molecule is CCOc1cc2c(Nc3ccc4occc4c3)ncnc2cc1OCCCCCC=O.CNN. The Morgan fingerprint density at radius 3 is 2.68 bits per heavy atom. The van der Waals surface area contributed by atoms with E-state index in [4.69, 9.17) is 13.9 Å². The summed E-state index contributed by atoms with van der Waals surface area (Å²) in [5, 5.41) is 5.23. The minimum absolute atomic E-state index is 0.523. The van der Waals surface area contributed by atoms with E-state index in [2.05, 4.69) is 26.6 Å². The van der Waals surface area contributed by atoms with Gasteiger partial charge in [0.15, 0.2) is 11.5 Å². The molecule has 0 spiro atoms. The van der Waals surface area contributed by atoms with Crippen molar-refractivity contribution in [2.24, 2.45) is 5.84 Å². The summed E-state index contributed by atoms with van der Waals surface area (Å²) in [6, 6.07) is 11.6. The van der Waals surface area contributed by atoms with Crippen molar-refractivity contribution in [2.75, 3.05) is 25.6 Å². The number of ether oxygens (including phenoxy) is 2. The first-order valence-corrected chi connectivity index (χ1v) is 11.3. The molecule has 0 amide bonds. The summed E-state index contributed by atoms with van der Waals surface area (Å²) < 4.78 is 17.2. The minimum atomic E-state index is 0.523. The lowest BCUT2D eigenvalue weighted by atomic mass is 10.2. The smallest absolute Gasteiger partial charge is 0.163 e. The normalized spacial score (nSPS) is 10.6. The fourth-order valence-electron chi connectivity index (χ4n) is 3.41. The monoisotopic (exact) mass is 465 g/mol. The number of nitrogens with two attached hydrogens (primary N) is 1. The number of aromatic nitrogens is 2. The third-order valence-electron chi connectivity index (χ3n) is 4.94. The van der Waals surface area contributed by atoms with E-state index >= 15 is 0 Å². The quantitative estimate of drug-likeness (QED) is 0.125. The van der Waals surface area contributed by atoms with Gasteiger partial charge in [0.05, 0.1) is 25.0 Å². The molecule has 2 aromatic carbocycles. The van der Waals surface area contributed by atoms with Crippen LogP contribution < -0.4 is 26.1 Å². The molecule has 4 N–H and O–H groups in total. The van der Waals surface area contributed by atoms with E-state index in [1.807, 2.05) is 43.3 Å². The molecule has 2 heterocycles. The van der Waals surface area contributed by atoms with Gasteiger partial charge in [0, 0.05) is 28.9 Å². The summed E-state index contributed by atoms with van der Waals surface area (Å²) >= 11 is 0. The zero-order chi connectivity index (χ0) is 24.2. The number of hydrogen-bond acceptors (Lipinski definition) is 9. The van der Waals surface area contributed by atoms with Crippen LogP contribution in [0.5, 0.6) is 11.5 Å². The number of aldehydes is 1. The summed E-state index contributed by atoms with van der Waals surface area (Å²) in [6.07, 6.45) is 7.47. The van der Waals surface area contributed by atoms with Gasteiger partial charge in [-0.05, 0) is 63.6 Å². The second-order valence-corrected chi connectivity index (χ2v) is 7.42. The van der Waals surface area contributed by atoms with Gasteiger partial charge in [-0.1, -0.05) is 0 Å². The molecule has 2 aromatic heterocycles. The average molecular weight is 466 g/mol. The van der Waals surface area contributed by atoms with Crippen molar-refractivity contribution in [3.8, 4) is 11.5 Å². The topological polar surface area (TPSA) is 125 Å². The van der Waals surface area contributed by atoms with Crippen LogP contribution in [-0.2, 0) is 4.79 Å². The highest BCUT2D eigenvalue weighted by Gasteiger charge is 2.13. The molecule has 4 rings (SSSR count). The average Bonchev–Trinajstić information content (AvgIpc) is 3.30. The lowest BCUT2D eigenvalue weighted by Crippen LogP contribution is -2.13. The summed E-state index contributed by atoms with van der Waals surface area (Å²) in [4.78, 5) is 19.3. The summed E-state index contributed by atoms with van der Waals surface area (Å²) in [5.41, 5.74) is 4.76. The number of nitrogens with zero attached hydrogens (tertiary/aromatic N) is 2. The molecular formula is C25H31N5O4. The molecule has 0 aliphatic heterocycles. The number of carbonyl (C=O) groups excluding carboxylic acids is 1. The molecular weight excluding hydrogens is 434 g/mol. The highest BCUT2D eigenvalue weighted by molar-refractivity contribution is 5.93. The third-order valence-corrected chi connectivity index (χ3v) is 4.94. The molecule has 9 heteroatoms. The molecule has 0 saturated carbocycles. The second-order valence-electron chi connectivity index (χ2n) is 7.42. The maximum atomic E-state index is 10.4. The third kappa shape index (κ3) is 6.66. The van der Waals surface area contributed by atoms with Crippen molar-refractivity contribution in [1.29, 1.82) is 0 Å². The van der Waals surface area contributed by atoms with Gasteiger partial charge in [0.1, 0.15) is 24.0 Å². The number of benzene rings is 2. The van der Waals surface area contributed by atoms with Gasteiger partial charge in [-0.25, -0.2) is 9.97 Å². The van der Waals surface area contributed by atoms with Crippen LogP contribution in [-0.4, -0.2) is 36.5 Å². The van der Waals surface area contributed by atoms with Crippen molar-refractivity contribution in [2.45, 2.75) is 32.6 Å². The van der Waals surface area contributed by atoms with E-state index in [-0.39, 0.29) is 0 Å². The fraction of sp³-hybridized carbons (Fsp3) is 0.320. The summed E-state index contributed by atoms with van der Waals surface area (Å²) in [7, 11) is 1.65. The van der Waals surface area contributed by atoms with E-state index < -0.39 is 0 Å². The largest absolute Gasteiger partial charge is 0.490 e. The maximum absolute atomic E-state index is 10.4. The maximum Gasteiger partial charge on any atom is 0.163 e. The van der Waals surface area contributed by atoms with Crippen LogP contribution in [0.4, 0.5) is 11.5 Å². The predicted molar refractivity (Wildman–Crippen MR) is 133 cm³/mol. The van der Waals surface area contributed by atoms with Gasteiger partial charge in [0.2, 0.25) is 0 Å². The first kappa shape index (κ1) is 24.9. The molecule has 34 heavy (non-hydrogen) atoms. The number of nitrogens with one attached hydrogen (secondary N) is 2. The first-order valence-electron chi connectivity index (χ1n) is 11.3. The zero-order valence-electron chi connectivity index (χ0n) is 19.5. The van der Waals surface area contributed by atoms with E-state index in [1.54, 1.807) is 13.3 Å². The van der Waals surface area contributed by atoms with Crippen LogP contribution in [0.3, 0.4) is 0 Å². The van der Waals surface area contributed by atoms with Crippen molar-refractivity contribution in [3.05, 3.63) is 49.0 Å². The lowest BCUT2D eigenvalue weighted by molar-refractivity contribution is -0.107. The second kappa shape index (κ2) is 13.1. The fourth-order valence-corrected chi connectivity index (χ4v) is 3.41. The van der Waals surface area contributed by atoms with Crippen LogP contribution in [0, 0.1) is 0 Å². The van der Waals surface area contributed by atoms with Crippen molar-refractivity contribution >= 4 is 39.7 Å². The standard InChI is InChI=1S/C24H25N3O4.CH6N2/c1-2-29-22-14-19-20(15-23(22)30-11-6-4-3-5-10-28)25-16-26-24(19)27-18-7-8-21-17(13-18)9-12-31-21;1-3-2/h7-10,12-16H,2-6,11H2,1H3,(H,25,26,27);3H,2H2,1H3. The lowest BCUT2D eigenvalue weighted by Gasteiger charge is -2.15. The summed E-state index contributed by atoms with van der Waals surface area (Å²) in [6.45, 7) is 3.02. The number of unbranched alkanes of at least 4 members (excludes halogenated alkanes) is 3. The molecule has 4 aromatic rings. The molecule has 0 atom stereocenters. The Hall–Kier alpha value is -3.69. The number of fused-ring (bicyclic) bond motifs is 2. The van der Waals surface area contributed by atoms with Crippen LogP contribution in [0.25, 0.3) is 21.9 Å². The van der Waals surface area contributed by atoms with E-state index in [1.165, 1.54) is 6.33 Å². The molecule has 0 fully saturated rings. The molecule has 9 nitrogen and oxygen atoms in total. The Kier molecular flexibility index (Phi) is 9.63.